The topological polar surface area (TPSA) is 56.8 Å². The van der Waals surface area contributed by atoms with E-state index in [4.69, 9.17) is 14.2 Å². The second kappa shape index (κ2) is 10.4. The number of allylic oxidation sites excluding steroid dienone is 2. The van der Waals surface area contributed by atoms with E-state index in [0.29, 0.717) is 18.4 Å². The van der Waals surface area contributed by atoms with Gasteiger partial charge in [-0.25, -0.2) is 4.39 Å². The number of hydrogen-bond acceptors (Lipinski definition) is 5. The van der Waals surface area contributed by atoms with E-state index >= 15 is 4.39 Å². The molecule has 2 aliphatic carbocycles. The fourth-order valence-electron chi connectivity index (χ4n) is 4.56. The summed E-state index contributed by atoms with van der Waals surface area (Å²) in [4.78, 5) is 12.5. The molecule has 0 aliphatic heterocycles. The van der Waals surface area contributed by atoms with Crippen LogP contribution in [0.3, 0.4) is 0 Å². The van der Waals surface area contributed by atoms with Crippen LogP contribution in [0.2, 0.25) is 0 Å². The number of hydrogen-bond donors (Lipinski definition) is 1. The zero-order chi connectivity index (χ0) is 24.1. The van der Waals surface area contributed by atoms with Gasteiger partial charge in [-0.05, 0) is 24.0 Å². The average molecular weight is 471 g/mol. The molecule has 0 amide bonds. The maximum Gasteiger partial charge on any atom is 0.407 e. The number of nitrogens with one attached hydrogen (secondary N) is 1. The first-order chi connectivity index (χ1) is 15.6. The van der Waals surface area contributed by atoms with Crippen LogP contribution in [-0.4, -0.2) is 50.6 Å². The molecule has 0 spiro atoms. The Hall–Kier alpha value is -2.23. The highest BCUT2D eigenvalue weighted by atomic mass is 19.4. The lowest BCUT2D eigenvalue weighted by atomic mass is 9.79. The number of alkyl halides is 4. The third-order valence-corrected chi connectivity index (χ3v) is 6.19. The summed E-state index contributed by atoms with van der Waals surface area (Å²) >= 11 is 0. The van der Waals surface area contributed by atoms with Gasteiger partial charge in [0.15, 0.2) is 0 Å². The number of ether oxygens (including phenoxy) is 3. The van der Waals surface area contributed by atoms with E-state index in [1.807, 2.05) is 0 Å². The summed E-state index contributed by atoms with van der Waals surface area (Å²) in [5.74, 6) is -3.28. The smallest absolute Gasteiger partial charge is 0.407 e. The van der Waals surface area contributed by atoms with Gasteiger partial charge >= 0.3 is 12.1 Å². The molecule has 0 radical (unpaired) electrons. The minimum absolute atomic E-state index is 0.102. The van der Waals surface area contributed by atoms with E-state index in [9.17, 15) is 18.0 Å². The second-order valence-corrected chi connectivity index (χ2v) is 8.40. The Morgan fingerprint density at radius 1 is 1.09 bits per heavy atom. The van der Waals surface area contributed by atoms with Gasteiger partial charge in [-0.2, -0.15) is 13.2 Å². The zero-order valence-corrected chi connectivity index (χ0v) is 18.7. The molecule has 1 saturated carbocycles. The van der Waals surface area contributed by atoms with Gasteiger partial charge in [0.1, 0.15) is 18.4 Å². The third kappa shape index (κ3) is 5.65. The van der Waals surface area contributed by atoms with E-state index < -0.39 is 42.8 Å². The summed E-state index contributed by atoms with van der Waals surface area (Å²) in [5, 5.41) is 2.53. The molecule has 182 valence electrons. The highest BCUT2D eigenvalue weighted by molar-refractivity contribution is 5.81. The molecule has 1 N–H and O–H groups in total. The molecule has 2 aliphatic rings. The summed E-state index contributed by atoms with van der Waals surface area (Å²) in [6, 6.07) is 6.23. The highest BCUT2D eigenvalue weighted by Gasteiger charge is 2.52. The molecule has 1 fully saturated rings. The number of methoxy groups -OCH3 is 2. The normalized spacial score (nSPS) is 23.9. The Labute approximate surface area is 190 Å². The summed E-state index contributed by atoms with van der Waals surface area (Å²) in [7, 11) is 2.46. The fourth-order valence-corrected chi connectivity index (χ4v) is 4.56. The molecule has 1 aromatic carbocycles. The van der Waals surface area contributed by atoms with Crippen LogP contribution >= 0.6 is 0 Å². The number of carbonyl (C=O) groups is 1. The van der Waals surface area contributed by atoms with Crippen molar-refractivity contribution in [3.05, 3.63) is 53.6 Å². The van der Waals surface area contributed by atoms with E-state index in [2.05, 4.69) is 5.32 Å². The lowest BCUT2D eigenvalue weighted by Crippen LogP contribution is -2.61. The van der Waals surface area contributed by atoms with Crippen LogP contribution in [0.5, 0.6) is 0 Å². The Morgan fingerprint density at radius 3 is 2.33 bits per heavy atom. The average Bonchev–Trinajstić information content (AvgIpc) is 2.81. The maximum atomic E-state index is 16.1. The van der Waals surface area contributed by atoms with Gasteiger partial charge in [0.25, 0.3) is 0 Å². The number of rotatable bonds is 8. The first kappa shape index (κ1) is 25.4. The van der Waals surface area contributed by atoms with E-state index in [1.165, 1.54) is 19.3 Å². The SMILES string of the molecule is COCOC1(F)CC(C(NC2(C(=O)OC)CCCCC2)C(F)(F)F)=CC=C1c1ccccc1. The minimum Gasteiger partial charge on any atom is -0.468 e. The first-order valence-corrected chi connectivity index (χ1v) is 10.9. The van der Waals surface area contributed by atoms with Gasteiger partial charge in [0.2, 0.25) is 5.85 Å². The van der Waals surface area contributed by atoms with Gasteiger partial charge in [-0.1, -0.05) is 61.7 Å². The van der Waals surface area contributed by atoms with Crippen LogP contribution in [0, 0.1) is 0 Å². The van der Waals surface area contributed by atoms with Crippen LogP contribution in [0.4, 0.5) is 17.6 Å². The summed E-state index contributed by atoms with van der Waals surface area (Å²) in [6.07, 6.45) is -0.457. The van der Waals surface area contributed by atoms with Crippen LogP contribution in [0.15, 0.2) is 48.1 Å². The van der Waals surface area contributed by atoms with Crippen molar-refractivity contribution in [1.82, 2.24) is 5.32 Å². The molecule has 5 nitrogen and oxygen atoms in total. The monoisotopic (exact) mass is 471 g/mol. The Bertz CT molecular complexity index is 878. The number of esters is 1. The molecule has 0 aromatic heterocycles. The van der Waals surface area contributed by atoms with Gasteiger partial charge in [0.05, 0.1) is 7.11 Å². The van der Waals surface area contributed by atoms with Gasteiger partial charge in [0, 0.05) is 19.1 Å². The van der Waals surface area contributed by atoms with Crippen molar-refractivity contribution in [2.45, 2.75) is 62.1 Å². The summed E-state index contributed by atoms with van der Waals surface area (Å²) < 4.78 is 73.8. The van der Waals surface area contributed by atoms with Crippen molar-refractivity contribution in [1.29, 1.82) is 0 Å². The third-order valence-electron chi connectivity index (χ3n) is 6.19. The van der Waals surface area contributed by atoms with Crippen LogP contribution < -0.4 is 5.32 Å². The lowest BCUT2D eigenvalue weighted by molar-refractivity contribution is -0.175. The quantitative estimate of drug-likeness (QED) is 0.326. The lowest BCUT2D eigenvalue weighted by Gasteiger charge is -2.41. The fraction of sp³-hybridized carbons (Fsp3) is 0.542. The standard InChI is InChI=1S/C24H29F4NO4/c1-31-16-33-23(25)15-18(11-12-19(23)17-9-5-3-6-10-17)20(24(26,27)28)29-22(21(30)32-2)13-7-4-8-14-22/h3,5-6,9-12,20,29H,4,7-8,13-16H2,1-2H3. The first-order valence-electron chi connectivity index (χ1n) is 10.9. The zero-order valence-electron chi connectivity index (χ0n) is 18.7. The van der Waals surface area contributed by atoms with Gasteiger partial charge < -0.3 is 14.2 Å². The predicted octanol–water partition coefficient (Wildman–Crippen LogP) is 5.08. The Balaban J connectivity index is 2.01. The molecule has 0 bridgehead atoms. The molecule has 0 heterocycles. The van der Waals surface area contributed by atoms with E-state index in [-0.39, 0.29) is 24.0 Å². The van der Waals surface area contributed by atoms with Gasteiger partial charge in [-0.15, -0.1) is 0 Å². The van der Waals surface area contributed by atoms with Crippen molar-refractivity contribution < 1.29 is 36.6 Å². The molecule has 3 rings (SSSR count). The molecular formula is C24H29F4NO4. The highest BCUT2D eigenvalue weighted by Crippen LogP contribution is 2.44. The van der Waals surface area contributed by atoms with Crippen molar-refractivity contribution in [3.8, 4) is 0 Å². The number of carbonyl (C=O) groups excluding carboxylic acids is 1. The molecular weight excluding hydrogens is 442 g/mol. The molecule has 9 heteroatoms. The largest absolute Gasteiger partial charge is 0.468 e. The van der Waals surface area contributed by atoms with Crippen molar-refractivity contribution in [2.24, 2.45) is 0 Å². The van der Waals surface area contributed by atoms with Crippen LogP contribution in [0.1, 0.15) is 44.1 Å². The predicted molar refractivity (Wildman–Crippen MR) is 115 cm³/mol. The number of benzene rings is 1. The molecule has 33 heavy (non-hydrogen) atoms. The van der Waals surface area contributed by atoms with Crippen molar-refractivity contribution in [3.63, 3.8) is 0 Å². The second-order valence-electron chi connectivity index (χ2n) is 8.40. The maximum absolute atomic E-state index is 16.1. The van der Waals surface area contributed by atoms with E-state index in [1.54, 1.807) is 30.3 Å². The molecule has 2 atom stereocenters. The molecule has 0 saturated heterocycles. The number of halogens is 4. The van der Waals surface area contributed by atoms with Crippen LogP contribution in [-0.2, 0) is 19.0 Å². The molecule has 1 aromatic rings. The molecule has 2 unspecified atom stereocenters. The van der Waals surface area contributed by atoms with Crippen molar-refractivity contribution in [2.75, 3.05) is 21.0 Å². The Kier molecular flexibility index (Phi) is 7.97. The van der Waals surface area contributed by atoms with Crippen molar-refractivity contribution >= 4 is 11.5 Å². The summed E-state index contributed by atoms with van der Waals surface area (Å²) in [6.45, 7) is -0.440. The minimum atomic E-state index is -4.77. The van der Waals surface area contributed by atoms with Crippen LogP contribution in [0.25, 0.3) is 5.57 Å². The summed E-state index contributed by atoms with van der Waals surface area (Å²) in [5.41, 5.74) is -1.16. The van der Waals surface area contributed by atoms with E-state index in [0.717, 1.165) is 13.5 Å². The van der Waals surface area contributed by atoms with Gasteiger partial charge in [-0.3, -0.25) is 10.1 Å². The Morgan fingerprint density at radius 2 is 1.76 bits per heavy atom.